The van der Waals surface area contributed by atoms with Gasteiger partial charge in [0.2, 0.25) is 0 Å². The molecular formula is C15H28N2O2. The van der Waals surface area contributed by atoms with Gasteiger partial charge in [-0.1, -0.05) is 20.3 Å². The number of ether oxygens (including phenoxy) is 1. The molecule has 1 saturated carbocycles. The summed E-state index contributed by atoms with van der Waals surface area (Å²) in [6.07, 6.45) is 5.16. The summed E-state index contributed by atoms with van der Waals surface area (Å²) in [5.74, 6) is 0.0559. The highest BCUT2D eigenvalue weighted by atomic mass is 16.5. The number of nitrogens with two attached hydrogens (primary N) is 1. The Labute approximate surface area is 116 Å². The number of nitrogens with zero attached hydrogens (tertiary/aromatic N) is 1. The molecule has 1 heterocycles. The largest absolute Gasteiger partial charge is 0.468 e. The highest BCUT2D eigenvalue weighted by Crippen LogP contribution is 2.38. The van der Waals surface area contributed by atoms with Gasteiger partial charge in [-0.15, -0.1) is 0 Å². The maximum absolute atomic E-state index is 11.9. The zero-order chi connectivity index (χ0) is 14.1. The summed E-state index contributed by atoms with van der Waals surface area (Å²) in [7, 11) is 1.44. The molecule has 1 saturated heterocycles. The molecule has 0 spiro atoms. The maximum Gasteiger partial charge on any atom is 0.326 e. The fourth-order valence-electron chi connectivity index (χ4n) is 3.72. The molecule has 2 atom stereocenters. The van der Waals surface area contributed by atoms with Crippen molar-refractivity contribution in [1.29, 1.82) is 0 Å². The van der Waals surface area contributed by atoms with Gasteiger partial charge < -0.3 is 15.4 Å². The lowest BCUT2D eigenvalue weighted by Gasteiger charge is -2.30. The maximum atomic E-state index is 11.9. The van der Waals surface area contributed by atoms with Gasteiger partial charge in [0, 0.05) is 6.54 Å². The van der Waals surface area contributed by atoms with E-state index in [4.69, 9.17) is 10.5 Å². The van der Waals surface area contributed by atoms with Crippen LogP contribution in [0.15, 0.2) is 0 Å². The summed E-state index contributed by atoms with van der Waals surface area (Å²) in [5, 5.41) is 0. The zero-order valence-corrected chi connectivity index (χ0v) is 12.6. The minimum Gasteiger partial charge on any atom is -0.468 e. The molecule has 0 amide bonds. The monoisotopic (exact) mass is 268 g/mol. The molecule has 2 aliphatic rings. The Bertz CT molecular complexity index is 343. The third kappa shape index (κ3) is 3.11. The number of carbonyl (C=O) groups is 1. The summed E-state index contributed by atoms with van der Waals surface area (Å²) in [6, 6.07) is 0. The number of methoxy groups -OCH3 is 1. The van der Waals surface area contributed by atoms with Crippen molar-refractivity contribution >= 4 is 5.97 Å². The standard InChI is InChI=1S/C15H28N2O2/c1-14(2)8-10-17(11-14)9-6-12-5-4-7-15(12,16)13(18)19-3/h12H,4-11,16H2,1-3H3. The molecule has 2 unspecified atom stereocenters. The van der Waals surface area contributed by atoms with Gasteiger partial charge in [-0.25, -0.2) is 0 Å². The summed E-state index contributed by atoms with van der Waals surface area (Å²) in [6.45, 7) is 8.05. The molecule has 4 heteroatoms. The van der Waals surface area contributed by atoms with Gasteiger partial charge in [-0.2, -0.15) is 0 Å². The van der Waals surface area contributed by atoms with Crippen LogP contribution >= 0.6 is 0 Å². The lowest BCUT2D eigenvalue weighted by molar-refractivity contribution is -0.148. The smallest absolute Gasteiger partial charge is 0.326 e. The number of rotatable bonds is 4. The van der Waals surface area contributed by atoms with E-state index in [0.29, 0.717) is 5.41 Å². The lowest BCUT2D eigenvalue weighted by atomic mass is 9.85. The second kappa shape index (κ2) is 5.41. The second-order valence-corrected chi connectivity index (χ2v) is 7.10. The van der Waals surface area contributed by atoms with Crippen molar-refractivity contribution in [3.63, 3.8) is 0 Å². The van der Waals surface area contributed by atoms with E-state index in [1.54, 1.807) is 0 Å². The molecule has 2 rings (SSSR count). The topological polar surface area (TPSA) is 55.6 Å². The van der Waals surface area contributed by atoms with Crippen molar-refractivity contribution in [1.82, 2.24) is 4.90 Å². The van der Waals surface area contributed by atoms with E-state index in [2.05, 4.69) is 18.7 Å². The molecule has 0 aromatic rings. The van der Waals surface area contributed by atoms with E-state index in [9.17, 15) is 4.79 Å². The van der Waals surface area contributed by atoms with Crippen molar-refractivity contribution < 1.29 is 9.53 Å². The lowest BCUT2D eigenvalue weighted by Crippen LogP contribution is -2.52. The highest BCUT2D eigenvalue weighted by molar-refractivity contribution is 5.81. The minimum absolute atomic E-state index is 0.225. The second-order valence-electron chi connectivity index (χ2n) is 7.10. The fraction of sp³-hybridized carbons (Fsp3) is 0.933. The molecule has 110 valence electrons. The number of hydrogen-bond acceptors (Lipinski definition) is 4. The molecule has 1 aliphatic carbocycles. The van der Waals surface area contributed by atoms with Crippen LogP contribution in [-0.4, -0.2) is 43.2 Å². The van der Waals surface area contributed by atoms with E-state index < -0.39 is 5.54 Å². The van der Waals surface area contributed by atoms with Crippen LogP contribution in [0.25, 0.3) is 0 Å². The average molecular weight is 268 g/mol. The Morgan fingerprint density at radius 1 is 1.42 bits per heavy atom. The van der Waals surface area contributed by atoms with E-state index in [0.717, 1.165) is 38.8 Å². The Morgan fingerprint density at radius 2 is 2.16 bits per heavy atom. The van der Waals surface area contributed by atoms with E-state index >= 15 is 0 Å². The first-order chi connectivity index (χ1) is 8.87. The molecule has 1 aliphatic heterocycles. The first kappa shape index (κ1) is 14.8. The van der Waals surface area contributed by atoms with E-state index in [1.807, 2.05) is 0 Å². The Balaban J connectivity index is 1.87. The zero-order valence-electron chi connectivity index (χ0n) is 12.6. The summed E-state index contributed by atoms with van der Waals surface area (Å²) in [4.78, 5) is 14.4. The fourth-order valence-corrected chi connectivity index (χ4v) is 3.72. The number of carbonyl (C=O) groups excluding carboxylic acids is 1. The number of esters is 1. The Kier molecular flexibility index (Phi) is 4.21. The van der Waals surface area contributed by atoms with Crippen LogP contribution in [0, 0.1) is 11.3 Å². The van der Waals surface area contributed by atoms with Crippen LogP contribution < -0.4 is 5.73 Å². The van der Waals surface area contributed by atoms with Crippen molar-refractivity contribution in [2.75, 3.05) is 26.7 Å². The molecular weight excluding hydrogens is 240 g/mol. The Morgan fingerprint density at radius 3 is 2.74 bits per heavy atom. The SMILES string of the molecule is COC(=O)C1(N)CCCC1CCN1CCC(C)(C)C1. The predicted octanol–water partition coefficient (Wildman–Crippen LogP) is 1.78. The van der Waals surface area contributed by atoms with Crippen LogP contribution in [0.4, 0.5) is 0 Å². The van der Waals surface area contributed by atoms with E-state index in [-0.39, 0.29) is 11.9 Å². The van der Waals surface area contributed by atoms with Crippen molar-refractivity contribution in [2.24, 2.45) is 17.1 Å². The molecule has 4 nitrogen and oxygen atoms in total. The van der Waals surface area contributed by atoms with Crippen molar-refractivity contribution in [2.45, 2.75) is 51.5 Å². The molecule has 19 heavy (non-hydrogen) atoms. The summed E-state index contributed by atoms with van der Waals surface area (Å²) < 4.78 is 4.89. The summed E-state index contributed by atoms with van der Waals surface area (Å²) in [5.41, 5.74) is 6.01. The van der Waals surface area contributed by atoms with Gasteiger partial charge in [-0.3, -0.25) is 4.79 Å². The molecule has 0 radical (unpaired) electrons. The third-order valence-corrected chi connectivity index (χ3v) is 4.99. The predicted molar refractivity (Wildman–Crippen MR) is 75.7 cm³/mol. The first-order valence-corrected chi connectivity index (χ1v) is 7.47. The van der Waals surface area contributed by atoms with Crippen LogP contribution in [-0.2, 0) is 9.53 Å². The van der Waals surface area contributed by atoms with Crippen LogP contribution in [0.3, 0.4) is 0 Å². The quantitative estimate of drug-likeness (QED) is 0.790. The van der Waals surface area contributed by atoms with Gasteiger partial charge >= 0.3 is 5.97 Å². The number of hydrogen-bond donors (Lipinski definition) is 1. The molecule has 0 aromatic carbocycles. The van der Waals surface area contributed by atoms with Crippen LogP contribution in [0.1, 0.15) is 46.0 Å². The Hall–Kier alpha value is -0.610. The van der Waals surface area contributed by atoms with E-state index in [1.165, 1.54) is 20.1 Å². The highest BCUT2D eigenvalue weighted by Gasteiger charge is 2.46. The molecule has 2 N–H and O–H groups in total. The van der Waals surface area contributed by atoms with Gasteiger partial charge in [0.25, 0.3) is 0 Å². The molecule has 2 fully saturated rings. The van der Waals surface area contributed by atoms with Crippen LogP contribution in [0.5, 0.6) is 0 Å². The molecule has 0 bridgehead atoms. The normalized spacial score (nSPS) is 34.6. The van der Waals surface area contributed by atoms with Crippen molar-refractivity contribution in [3.8, 4) is 0 Å². The summed E-state index contributed by atoms with van der Waals surface area (Å²) >= 11 is 0. The minimum atomic E-state index is -0.732. The average Bonchev–Trinajstić information content (AvgIpc) is 2.89. The first-order valence-electron chi connectivity index (χ1n) is 7.47. The van der Waals surface area contributed by atoms with Gasteiger partial charge in [0.15, 0.2) is 0 Å². The van der Waals surface area contributed by atoms with Crippen LogP contribution in [0.2, 0.25) is 0 Å². The van der Waals surface area contributed by atoms with Gasteiger partial charge in [0.05, 0.1) is 7.11 Å². The third-order valence-electron chi connectivity index (χ3n) is 4.99. The number of likely N-dealkylation sites (tertiary alicyclic amines) is 1. The van der Waals surface area contributed by atoms with Gasteiger partial charge in [-0.05, 0) is 50.1 Å². The molecule has 0 aromatic heterocycles. The van der Waals surface area contributed by atoms with Crippen molar-refractivity contribution in [3.05, 3.63) is 0 Å². The van der Waals surface area contributed by atoms with Gasteiger partial charge in [0.1, 0.15) is 5.54 Å².